The SMILES string of the molecule is Nc1ccccc1NC(=O)C=Cc1ccc(C(NCCCN2CCOCC2)C(=O)Nc2ccc(C(F)(F)F)cc2F)cc1. The molecule has 3 aromatic carbocycles. The van der Waals surface area contributed by atoms with E-state index in [0.717, 1.165) is 32.1 Å². The van der Waals surface area contributed by atoms with Crippen LogP contribution < -0.4 is 21.7 Å². The Morgan fingerprint density at radius 2 is 1.70 bits per heavy atom. The highest BCUT2D eigenvalue weighted by molar-refractivity contribution is 6.03. The summed E-state index contributed by atoms with van der Waals surface area (Å²) in [5.41, 5.74) is 6.51. The number of nitrogens with two attached hydrogens (primary N) is 1. The van der Waals surface area contributed by atoms with Crippen molar-refractivity contribution in [3.05, 3.63) is 95.3 Å². The number of nitrogens with zero attached hydrogens (tertiary/aromatic N) is 1. The molecule has 1 heterocycles. The number of amides is 2. The molecule has 0 aromatic heterocycles. The fraction of sp³-hybridized carbons (Fsp3) is 0.290. The Morgan fingerprint density at radius 3 is 2.37 bits per heavy atom. The van der Waals surface area contributed by atoms with Crippen molar-refractivity contribution in [1.29, 1.82) is 0 Å². The molecule has 8 nitrogen and oxygen atoms in total. The zero-order valence-corrected chi connectivity index (χ0v) is 23.3. The van der Waals surface area contributed by atoms with E-state index in [1.165, 1.54) is 6.08 Å². The minimum absolute atomic E-state index is 0.351. The number of benzene rings is 3. The van der Waals surface area contributed by atoms with Crippen LogP contribution in [0.2, 0.25) is 0 Å². The molecule has 1 fully saturated rings. The number of halogens is 4. The molecule has 43 heavy (non-hydrogen) atoms. The van der Waals surface area contributed by atoms with E-state index in [2.05, 4.69) is 20.9 Å². The lowest BCUT2D eigenvalue weighted by atomic mass is 10.0. The van der Waals surface area contributed by atoms with Gasteiger partial charge < -0.3 is 26.4 Å². The van der Waals surface area contributed by atoms with E-state index < -0.39 is 29.5 Å². The van der Waals surface area contributed by atoms with Crippen molar-refractivity contribution >= 4 is 35.0 Å². The summed E-state index contributed by atoms with van der Waals surface area (Å²) in [7, 11) is 0. The summed E-state index contributed by atoms with van der Waals surface area (Å²) >= 11 is 0. The normalized spacial score (nSPS) is 14.9. The number of ether oxygens (including phenoxy) is 1. The van der Waals surface area contributed by atoms with Crippen molar-refractivity contribution in [2.24, 2.45) is 0 Å². The van der Waals surface area contributed by atoms with Crippen LogP contribution in [0.25, 0.3) is 6.08 Å². The Bertz CT molecular complexity index is 1420. The van der Waals surface area contributed by atoms with Crippen molar-refractivity contribution in [3.63, 3.8) is 0 Å². The highest BCUT2D eigenvalue weighted by Gasteiger charge is 2.31. The molecule has 1 aliphatic heterocycles. The Balaban J connectivity index is 1.44. The monoisotopic (exact) mass is 599 g/mol. The molecule has 0 spiro atoms. The maximum atomic E-state index is 14.5. The van der Waals surface area contributed by atoms with E-state index in [1.54, 1.807) is 54.6 Å². The predicted molar refractivity (Wildman–Crippen MR) is 158 cm³/mol. The van der Waals surface area contributed by atoms with Gasteiger partial charge in [-0.25, -0.2) is 4.39 Å². The van der Waals surface area contributed by atoms with E-state index in [9.17, 15) is 27.2 Å². The van der Waals surface area contributed by atoms with Crippen molar-refractivity contribution in [3.8, 4) is 0 Å². The van der Waals surface area contributed by atoms with Gasteiger partial charge in [-0.3, -0.25) is 14.5 Å². The molecule has 1 unspecified atom stereocenters. The van der Waals surface area contributed by atoms with Crippen LogP contribution in [-0.2, 0) is 20.5 Å². The van der Waals surface area contributed by atoms with E-state index >= 15 is 0 Å². The quantitative estimate of drug-likeness (QED) is 0.106. The van der Waals surface area contributed by atoms with Crippen LogP contribution in [0.1, 0.15) is 29.2 Å². The van der Waals surface area contributed by atoms with Crippen molar-refractivity contribution in [2.75, 3.05) is 55.8 Å². The number of hydrogen-bond acceptors (Lipinski definition) is 6. The molecule has 0 radical (unpaired) electrons. The number of carbonyl (C=O) groups excluding carboxylic acids is 2. The van der Waals surface area contributed by atoms with Crippen molar-refractivity contribution in [2.45, 2.75) is 18.6 Å². The van der Waals surface area contributed by atoms with Crippen molar-refractivity contribution in [1.82, 2.24) is 10.2 Å². The molecule has 12 heteroatoms. The first-order chi connectivity index (χ1) is 20.6. The molecule has 1 saturated heterocycles. The molecule has 0 bridgehead atoms. The summed E-state index contributed by atoms with van der Waals surface area (Å²) < 4.78 is 58.7. The summed E-state index contributed by atoms with van der Waals surface area (Å²) in [4.78, 5) is 27.8. The second kappa shape index (κ2) is 14.8. The van der Waals surface area contributed by atoms with E-state index in [4.69, 9.17) is 10.5 Å². The molecule has 0 saturated carbocycles. The first-order valence-corrected chi connectivity index (χ1v) is 13.7. The third-order valence-electron chi connectivity index (χ3n) is 6.84. The summed E-state index contributed by atoms with van der Waals surface area (Å²) in [6.45, 7) is 4.22. The standard InChI is InChI=1S/C31H33F4N5O3/c32-24-20-23(31(33,34)35)11-12-26(24)39-30(42)29(37-14-3-15-40-16-18-43-19-17-40)22-9-6-21(7-10-22)8-13-28(41)38-27-5-2-1-4-25(27)36/h1-2,4-13,20,29,37H,3,14-19,36H2,(H,38,41)(H,39,42). The molecule has 3 aromatic rings. The van der Waals surface area contributed by atoms with E-state index in [1.807, 2.05) is 0 Å². The third kappa shape index (κ3) is 9.37. The number of para-hydroxylation sites is 2. The van der Waals surface area contributed by atoms with Gasteiger partial charge in [0.25, 0.3) is 0 Å². The second-order valence-electron chi connectivity index (χ2n) is 9.95. The smallest absolute Gasteiger partial charge is 0.397 e. The van der Waals surface area contributed by atoms with Gasteiger partial charge in [0.1, 0.15) is 11.9 Å². The number of alkyl halides is 3. The number of nitrogen functional groups attached to an aromatic ring is 1. The van der Waals surface area contributed by atoms with E-state index in [0.29, 0.717) is 54.4 Å². The lowest BCUT2D eigenvalue weighted by molar-refractivity contribution is -0.137. The maximum Gasteiger partial charge on any atom is 0.416 e. The van der Waals surface area contributed by atoms with Gasteiger partial charge in [-0.05, 0) is 67.0 Å². The topological polar surface area (TPSA) is 109 Å². The maximum absolute atomic E-state index is 14.5. The van der Waals surface area contributed by atoms with Crippen LogP contribution in [0.5, 0.6) is 0 Å². The molecule has 2 amide bonds. The lowest BCUT2D eigenvalue weighted by Gasteiger charge is -2.27. The first kappa shape index (κ1) is 31.7. The summed E-state index contributed by atoms with van der Waals surface area (Å²) in [6.07, 6.45) is -1.04. The van der Waals surface area contributed by atoms with E-state index in [-0.39, 0.29) is 11.6 Å². The number of hydrogen-bond donors (Lipinski definition) is 4. The van der Waals surface area contributed by atoms with Gasteiger partial charge in [-0.2, -0.15) is 13.2 Å². The zero-order chi connectivity index (χ0) is 30.8. The molecular formula is C31H33F4N5O3. The highest BCUT2D eigenvalue weighted by Crippen LogP contribution is 2.31. The predicted octanol–water partition coefficient (Wildman–Crippen LogP) is 5.07. The van der Waals surface area contributed by atoms with Gasteiger partial charge in [0.05, 0.1) is 35.8 Å². The summed E-state index contributed by atoms with van der Waals surface area (Å²) in [6, 6.07) is 14.7. The van der Waals surface area contributed by atoms with Crippen molar-refractivity contribution < 1.29 is 31.9 Å². The molecule has 0 aliphatic carbocycles. The largest absolute Gasteiger partial charge is 0.416 e. The Labute approximate surface area is 246 Å². The minimum Gasteiger partial charge on any atom is -0.397 e. The van der Waals surface area contributed by atoms with Gasteiger partial charge in [0, 0.05) is 19.2 Å². The summed E-state index contributed by atoms with van der Waals surface area (Å²) in [5, 5.41) is 8.30. The number of carbonyl (C=O) groups is 2. The molecule has 5 N–H and O–H groups in total. The highest BCUT2D eigenvalue weighted by atomic mass is 19.4. The average molecular weight is 600 g/mol. The number of nitrogens with one attached hydrogen (secondary N) is 3. The van der Waals surface area contributed by atoms with Gasteiger partial charge in [0.2, 0.25) is 11.8 Å². The molecule has 1 aliphatic rings. The van der Waals surface area contributed by atoms with Gasteiger partial charge in [-0.1, -0.05) is 36.4 Å². The van der Waals surface area contributed by atoms with Crippen LogP contribution in [0.4, 0.5) is 34.6 Å². The van der Waals surface area contributed by atoms with Crippen LogP contribution in [0.3, 0.4) is 0 Å². The minimum atomic E-state index is -4.71. The Hall–Kier alpha value is -4.26. The van der Waals surface area contributed by atoms with Crippen LogP contribution in [-0.4, -0.2) is 56.1 Å². The van der Waals surface area contributed by atoms with Gasteiger partial charge in [0.15, 0.2) is 0 Å². The van der Waals surface area contributed by atoms with Crippen LogP contribution >= 0.6 is 0 Å². The number of rotatable bonds is 11. The van der Waals surface area contributed by atoms with Crippen LogP contribution in [0, 0.1) is 5.82 Å². The fourth-order valence-corrected chi connectivity index (χ4v) is 4.49. The molecule has 1 atom stereocenters. The Kier molecular flexibility index (Phi) is 10.9. The van der Waals surface area contributed by atoms with Crippen LogP contribution in [0.15, 0.2) is 72.8 Å². The fourth-order valence-electron chi connectivity index (χ4n) is 4.49. The zero-order valence-electron chi connectivity index (χ0n) is 23.3. The second-order valence-corrected chi connectivity index (χ2v) is 9.95. The number of anilines is 3. The Morgan fingerprint density at radius 1 is 0.977 bits per heavy atom. The number of morpholine rings is 1. The lowest BCUT2D eigenvalue weighted by Crippen LogP contribution is -2.39. The average Bonchev–Trinajstić information content (AvgIpc) is 2.98. The third-order valence-corrected chi connectivity index (χ3v) is 6.84. The van der Waals surface area contributed by atoms with Gasteiger partial charge >= 0.3 is 6.18 Å². The first-order valence-electron chi connectivity index (χ1n) is 13.7. The molecule has 4 rings (SSSR count). The molecular weight excluding hydrogens is 566 g/mol. The molecule has 228 valence electrons. The van der Waals surface area contributed by atoms with Gasteiger partial charge in [-0.15, -0.1) is 0 Å². The summed E-state index contributed by atoms with van der Waals surface area (Å²) in [5.74, 6) is -2.20.